The lowest BCUT2D eigenvalue weighted by Gasteiger charge is -2.05. The Bertz CT molecular complexity index is 1030. The van der Waals surface area contributed by atoms with Crippen molar-refractivity contribution < 1.29 is 13.6 Å². The highest BCUT2D eigenvalue weighted by Crippen LogP contribution is 2.19. The van der Waals surface area contributed by atoms with Crippen LogP contribution >= 0.6 is 0 Å². The predicted molar refractivity (Wildman–Crippen MR) is 95.9 cm³/mol. The van der Waals surface area contributed by atoms with Gasteiger partial charge in [-0.15, -0.1) is 0 Å². The molecule has 122 valence electrons. The van der Waals surface area contributed by atoms with Crippen LogP contribution in [0.15, 0.2) is 93.2 Å². The third kappa shape index (κ3) is 3.07. The minimum absolute atomic E-state index is 0.146. The molecule has 4 aromatic rings. The van der Waals surface area contributed by atoms with Crippen molar-refractivity contribution >= 4 is 28.0 Å². The van der Waals surface area contributed by atoms with Crippen molar-refractivity contribution in [3.63, 3.8) is 0 Å². The van der Waals surface area contributed by atoms with Gasteiger partial charge in [0.05, 0.1) is 18.2 Å². The van der Waals surface area contributed by atoms with Gasteiger partial charge in [0.25, 0.3) is 5.78 Å². The van der Waals surface area contributed by atoms with Gasteiger partial charge in [0.2, 0.25) is 0 Å². The molecule has 5 nitrogen and oxygen atoms in total. The molecule has 0 bridgehead atoms. The van der Waals surface area contributed by atoms with Crippen LogP contribution in [0.5, 0.6) is 0 Å². The fourth-order valence-electron chi connectivity index (χ4n) is 2.53. The number of anilines is 1. The molecule has 0 spiro atoms. The topological polar surface area (TPSA) is 67.7 Å². The summed E-state index contributed by atoms with van der Waals surface area (Å²) in [4.78, 5) is 12.6. The second-order valence-electron chi connectivity index (χ2n) is 5.42. The first-order valence-corrected chi connectivity index (χ1v) is 7.76. The number of nitrogens with one attached hydrogen (secondary N) is 1. The molecule has 0 aliphatic heterocycles. The molecular formula is C20H14N2O3. The number of rotatable bonds is 5. The second-order valence-corrected chi connectivity index (χ2v) is 5.42. The summed E-state index contributed by atoms with van der Waals surface area (Å²) in [6, 6.07) is 20.5. The Morgan fingerprint density at radius 1 is 0.800 bits per heavy atom. The quantitative estimate of drug-likeness (QED) is 0.326. The van der Waals surface area contributed by atoms with Crippen LogP contribution in [0.4, 0.5) is 5.69 Å². The van der Waals surface area contributed by atoms with E-state index in [1.54, 1.807) is 24.3 Å². The van der Waals surface area contributed by atoms with Crippen molar-refractivity contribution in [2.75, 3.05) is 5.43 Å². The fraction of sp³-hybridized carbons (Fsp3) is 0. The molecule has 0 atom stereocenters. The van der Waals surface area contributed by atoms with Crippen LogP contribution in [-0.4, -0.2) is 11.5 Å². The van der Waals surface area contributed by atoms with E-state index in [9.17, 15) is 4.79 Å². The number of carbonyl (C=O) groups is 1. The normalized spacial score (nSPS) is 11.6. The first kappa shape index (κ1) is 15.0. The fourth-order valence-corrected chi connectivity index (χ4v) is 2.53. The Morgan fingerprint density at radius 3 is 2.24 bits per heavy atom. The lowest BCUT2D eigenvalue weighted by atomic mass is 10.1. The maximum atomic E-state index is 12.6. The largest absolute Gasteiger partial charge is 0.462 e. The smallest absolute Gasteiger partial charge is 0.252 e. The highest BCUT2D eigenvalue weighted by Gasteiger charge is 2.21. The monoisotopic (exact) mass is 330 g/mol. The van der Waals surface area contributed by atoms with Gasteiger partial charge in [-0.1, -0.05) is 30.3 Å². The third-order valence-electron chi connectivity index (χ3n) is 3.76. The van der Waals surface area contributed by atoms with Crippen molar-refractivity contribution in [2.24, 2.45) is 5.10 Å². The molecule has 0 saturated carbocycles. The molecule has 0 fully saturated rings. The number of nitrogens with zero attached hydrogens (tertiary/aromatic N) is 1. The molecule has 0 radical (unpaired) electrons. The van der Waals surface area contributed by atoms with Gasteiger partial charge in [-0.25, -0.2) is 0 Å². The molecule has 2 aromatic carbocycles. The van der Waals surface area contributed by atoms with E-state index in [4.69, 9.17) is 8.83 Å². The van der Waals surface area contributed by atoms with Crippen LogP contribution in [0, 0.1) is 0 Å². The van der Waals surface area contributed by atoms with Crippen molar-refractivity contribution in [1.82, 2.24) is 0 Å². The molecule has 0 amide bonds. The predicted octanol–water partition coefficient (Wildman–Crippen LogP) is 4.72. The van der Waals surface area contributed by atoms with Crippen molar-refractivity contribution in [3.8, 4) is 0 Å². The van der Waals surface area contributed by atoms with Gasteiger partial charge in [-0.2, -0.15) is 5.10 Å². The van der Waals surface area contributed by atoms with Crippen LogP contribution in [-0.2, 0) is 0 Å². The van der Waals surface area contributed by atoms with Gasteiger partial charge in [0.15, 0.2) is 17.2 Å². The molecule has 0 aliphatic rings. The Balaban J connectivity index is 1.67. The summed E-state index contributed by atoms with van der Waals surface area (Å²) < 4.78 is 10.5. The Labute approximate surface area is 143 Å². The summed E-state index contributed by atoms with van der Waals surface area (Å²) >= 11 is 0. The number of fused-ring (bicyclic) bond motifs is 1. The average molecular weight is 330 g/mol. The van der Waals surface area contributed by atoms with E-state index in [2.05, 4.69) is 10.5 Å². The molecule has 1 N–H and O–H groups in total. The van der Waals surface area contributed by atoms with E-state index in [0.29, 0.717) is 5.76 Å². The van der Waals surface area contributed by atoms with E-state index in [1.807, 2.05) is 42.5 Å². The van der Waals surface area contributed by atoms with Gasteiger partial charge in [-0.3, -0.25) is 10.2 Å². The van der Waals surface area contributed by atoms with Gasteiger partial charge < -0.3 is 8.83 Å². The summed E-state index contributed by atoms with van der Waals surface area (Å²) in [6.07, 6.45) is 2.94. The number of carbonyl (C=O) groups excluding carboxylic acids is 1. The summed E-state index contributed by atoms with van der Waals surface area (Å²) in [5, 5.41) is 6.48. The minimum Gasteiger partial charge on any atom is -0.462 e. The van der Waals surface area contributed by atoms with Gasteiger partial charge in [-0.05, 0) is 47.2 Å². The number of furan rings is 2. The summed E-state index contributed by atoms with van der Waals surface area (Å²) in [5.74, 6) is 0.221. The number of Topliss-reactive ketones (excluding diaryl/α,β-unsaturated/α-hetero) is 1. The first-order valence-electron chi connectivity index (χ1n) is 7.76. The highest BCUT2D eigenvalue weighted by molar-refractivity contribution is 6.50. The standard InChI is InChI=1S/C20H14N2O3/c23-20(18-8-4-12-25-18)19(17-7-3-11-24-17)22-21-16-10-9-14-5-1-2-6-15(14)13-16/h1-13,21H/b22-19+. The number of hydrazone groups is 1. The van der Waals surface area contributed by atoms with Crippen LogP contribution in [0.25, 0.3) is 10.8 Å². The van der Waals surface area contributed by atoms with Crippen LogP contribution < -0.4 is 5.43 Å². The molecule has 0 saturated heterocycles. The van der Waals surface area contributed by atoms with Gasteiger partial charge in [0.1, 0.15) is 0 Å². The van der Waals surface area contributed by atoms with Crippen molar-refractivity contribution in [2.45, 2.75) is 0 Å². The third-order valence-corrected chi connectivity index (χ3v) is 3.76. The van der Waals surface area contributed by atoms with Crippen LogP contribution in [0.3, 0.4) is 0 Å². The Hall–Kier alpha value is -3.60. The van der Waals surface area contributed by atoms with Crippen LogP contribution in [0.1, 0.15) is 16.3 Å². The van der Waals surface area contributed by atoms with E-state index in [-0.39, 0.29) is 17.3 Å². The molecule has 25 heavy (non-hydrogen) atoms. The summed E-state index contributed by atoms with van der Waals surface area (Å²) in [7, 11) is 0. The number of hydrogen-bond acceptors (Lipinski definition) is 5. The minimum atomic E-state index is -0.353. The number of hydrogen-bond donors (Lipinski definition) is 1. The average Bonchev–Trinajstić information content (AvgIpc) is 3.35. The van der Waals surface area contributed by atoms with E-state index >= 15 is 0 Å². The van der Waals surface area contributed by atoms with Gasteiger partial charge in [0, 0.05) is 0 Å². The zero-order valence-corrected chi connectivity index (χ0v) is 13.2. The zero-order chi connectivity index (χ0) is 17.1. The lowest BCUT2D eigenvalue weighted by Crippen LogP contribution is -2.16. The second kappa shape index (κ2) is 6.49. The molecule has 2 aromatic heterocycles. The van der Waals surface area contributed by atoms with Crippen molar-refractivity contribution in [1.29, 1.82) is 0 Å². The van der Waals surface area contributed by atoms with Crippen molar-refractivity contribution in [3.05, 3.63) is 90.8 Å². The SMILES string of the molecule is O=C(/C(=N/Nc1ccc2ccccc2c1)c1ccco1)c1ccco1. The first-order chi connectivity index (χ1) is 12.3. The molecule has 5 heteroatoms. The molecule has 0 unspecified atom stereocenters. The van der Waals surface area contributed by atoms with Gasteiger partial charge >= 0.3 is 0 Å². The number of benzene rings is 2. The molecule has 4 rings (SSSR count). The van der Waals surface area contributed by atoms with E-state index < -0.39 is 0 Å². The number of ketones is 1. The van der Waals surface area contributed by atoms with E-state index in [1.165, 1.54) is 12.5 Å². The highest BCUT2D eigenvalue weighted by atomic mass is 16.3. The Kier molecular flexibility index (Phi) is 3.88. The maximum Gasteiger partial charge on any atom is 0.252 e. The lowest BCUT2D eigenvalue weighted by molar-refractivity contribution is 0.104. The Morgan fingerprint density at radius 2 is 1.52 bits per heavy atom. The summed E-state index contributed by atoms with van der Waals surface area (Å²) in [6.45, 7) is 0. The molecule has 2 heterocycles. The van der Waals surface area contributed by atoms with Crippen LogP contribution in [0.2, 0.25) is 0 Å². The summed E-state index contributed by atoms with van der Waals surface area (Å²) in [5.41, 5.74) is 3.85. The molecular weight excluding hydrogens is 316 g/mol. The van der Waals surface area contributed by atoms with E-state index in [0.717, 1.165) is 16.5 Å². The maximum absolute atomic E-state index is 12.6. The molecule has 0 aliphatic carbocycles. The zero-order valence-electron chi connectivity index (χ0n) is 13.2.